The number of β-amino-alcohol motifs (C(OH)–C–C–N with tert-alkyl or cyclic N) is 2. The maximum absolute atomic E-state index is 12.5. The Labute approximate surface area is 184 Å². The largest absolute Gasteiger partial charge is 0.490 e. The number of hydrogen-bond donors (Lipinski definition) is 2. The lowest BCUT2D eigenvalue weighted by atomic mass is 9.93. The van der Waals surface area contributed by atoms with Crippen LogP contribution in [0.15, 0.2) is 18.2 Å². The molecule has 3 rings (SSSR count). The van der Waals surface area contributed by atoms with Crippen LogP contribution < -0.4 is 4.74 Å². The second kappa shape index (κ2) is 10.3. The lowest BCUT2D eigenvalue weighted by Crippen LogP contribution is -2.55. The number of aryl methyl sites for hydroxylation is 2. The quantitative estimate of drug-likeness (QED) is 0.652. The number of nitrogens with zero attached hydrogens (tertiary/aromatic N) is 2. The van der Waals surface area contributed by atoms with Crippen LogP contribution >= 0.6 is 0 Å². The summed E-state index contributed by atoms with van der Waals surface area (Å²) in [7, 11) is 1.48. The van der Waals surface area contributed by atoms with Crippen molar-refractivity contribution in [1.82, 2.24) is 9.80 Å². The van der Waals surface area contributed by atoms with E-state index in [-0.39, 0.29) is 25.7 Å². The topological polar surface area (TPSA) is 91.7 Å². The molecule has 174 valence electrons. The molecule has 0 unspecified atom stereocenters. The summed E-state index contributed by atoms with van der Waals surface area (Å²) < 4.78 is 16.4. The number of methoxy groups -OCH3 is 1. The van der Waals surface area contributed by atoms with E-state index in [4.69, 9.17) is 14.2 Å². The van der Waals surface area contributed by atoms with Gasteiger partial charge in [-0.15, -0.1) is 0 Å². The third-order valence-corrected chi connectivity index (χ3v) is 6.24. The van der Waals surface area contributed by atoms with Crippen molar-refractivity contribution in [3.05, 3.63) is 29.3 Å². The maximum Gasteiger partial charge on any atom is 0.248 e. The predicted octanol–water partition coefficient (Wildman–Crippen LogP) is 0.745. The highest BCUT2D eigenvalue weighted by molar-refractivity contribution is 5.77. The fourth-order valence-corrected chi connectivity index (χ4v) is 4.24. The molecule has 0 spiro atoms. The zero-order valence-electron chi connectivity index (χ0n) is 18.9. The number of hydrogen-bond acceptors (Lipinski definition) is 7. The molecule has 8 heteroatoms. The van der Waals surface area contributed by atoms with E-state index >= 15 is 0 Å². The molecule has 0 bridgehead atoms. The first-order valence-corrected chi connectivity index (χ1v) is 10.9. The minimum atomic E-state index is -1.28. The van der Waals surface area contributed by atoms with Crippen LogP contribution in [0.2, 0.25) is 0 Å². The molecule has 2 heterocycles. The number of ether oxygens (including phenoxy) is 3. The molecule has 2 saturated heterocycles. The summed E-state index contributed by atoms with van der Waals surface area (Å²) in [6.45, 7) is 7.03. The van der Waals surface area contributed by atoms with Gasteiger partial charge in [0.2, 0.25) is 5.91 Å². The molecule has 0 radical (unpaired) electrons. The SMILES string of the molecule is COCC(=O)N1CCN(CC2(O)CCOCC2)C[C@@](O)(COc2ccc(C)c(C)c2)C1. The van der Waals surface area contributed by atoms with Gasteiger partial charge in [0.1, 0.15) is 24.6 Å². The number of amides is 1. The van der Waals surface area contributed by atoms with Crippen LogP contribution in [0.4, 0.5) is 0 Å². The molecule has 2 aliphatic heterocycles. The van der Waals surface area contributed by atoms with Crippen LogP contribution in [0.5, 0.6) is 5.75 Å². The van der Waals surface area contributed by atoms with Gasteiger partial charge in [-0.3, -0.25) is 9.69 Å². The molecule has 1 amide bonds. The molecule has 8 nitrogen and oxygen atoms in total. The molecule has 2 N–H and O–H groups in total. The van der Waals surface area contributed by atoms with Crippen LogP contribution in [-0.2, 0) is 14.3 Å². The second-order valence-corrected chi connectivity index (χ2v) is 9.05. The van der Waals surface area contributed by atoms with E-state index in [0.29, 0.717) is 58.0 Å². The van der Waals surface area contributed by atoms with Gasteiger partial charge in [-0.2, -0.15) is 0 Å². The van der Waals surface area contributed by atoms with Crippen molar-refractivity contribution in [3.8, 4) is 5.75 Å². The summed E-state index contributed by atoms with van der Waals surface area (Å²) in [6.07, 6.45) is 1.13. The first kappa shape index (κ1) is 23.9. The number of rotatable bonds is 7. The van der Waals surface area contributed by atoms with Gasteiger partial charge < -0.3 is 29.3 Å². The minimum Gasteiger partial charge on any atom is -0.490 e. The van der Waals surface area contributed by atoms with Gasteiger partial charge in [0.15, 0.2) is 0 Å². The highest BCUT2D eigenvalue weighted by Crippen LogP contribution is 2.25. The standard InChI is InChI=1S/C23H36N2O6/c1-18-4-5-20(12-19(18)2)31-17-23(28)15-24(14-22(27)6-10-30-11-7-22)8-9-25(16-23)21(26)13-29-3/h4-5,12,27-28H,6-11,13-17H2,1-3H3/t23-/m0/s1. The molecule has 1 aromatic rings. The van der Waals surface area contributed by atoms with Crippen molar-refractivity contribution in [3.63, 3.8) is 0 Å². The molecule has 1 aromatic carbocycles. The lowest BCUT2D eigenvalue weighted by Gasteiger charge is -2.38. The van der Waals surface area contributed by atoms with Crippen molar-refractivity contribution < 1.29 is 29.2 Å². The van der Waals surface area contributed by atoms with Crippen molar-refractivity contribution in [2.45, 2.75) is 37.9 Å². The summed E-state index contributed by atoms with van der Waals surface area (Å²) in [5, 5.41) is 22.5. The van der Waals surface area contributed by atoms with Gasteiger partial charge in [0, 0.05) is 59.3 Å². The Morgan fingerprint density at radius 2 is 1.84 bits per heavy atom. The Bertz CT molecular complexity index is 752. The van der Waals surface area contributed by atoms with Crippen LogP contribution in [0, 0.1) is 13.8 Å². The van der Waals surface area contributed by atoms with Crippen LogP contribution in [0.1, 0.15) is 24.0 Å². The van der Waals surface area contributed by atoms with Crippen molar-refractivity contribution in [1.29, 1.82) is 0 Å². The molecular weight excluding hydrogens is 400 g/mol. The second-order valence-electron chi connectivity index (χ2n) is 9.05. The average Bonchev–Trinajstić information content (AvgIpc) is 2.88. The Morgan fingerprint density at radius 3 is 2.52 bits per heavy atom. The summed E-state index contributed by atoms with van der Waals surface area (Å²) in [5.74, 6) is 0.517. The minimum absolute atomic E-state index is 0.0324. The first-order chi connectivity index (χ1) is 14.7. The smallest absolute Gasteiger partial charge is 0.248 e. The van der Waals surface area contributed by atoms with Crippen molar-refractivity contribution in [2.24, 2.45) is 0 Å². The lowest BCUT2D eigenvalue weighted by molar-refractivity contribution is -0.138. The normalized spacial score (nSPS) is 24.6. The van der Waals surface area contributed by atoms with E-state index in [1.807, 2.05) is 36.9 Å². The fraction of sp³-hybridized carbons (Fsp3) is 0.696. The molecule has 0 aliphatic carbocycles. The van der Waals surface area contributed by atoms with Crippen LogP contribution in [0.25, 0.3) is 0 Å². The Kier molecular flexibility index (Phi) is 7.93. The van der Waals surface area contributed by atoms with E-state index < -0.39 is 11.2 Å². The molecule has 0 saturated carbocycles. The van der Waals surface area contributed by atoms with E-state index in [9.17, 15) is 15.0 Å². The number of carbonyl (C=O) groups is 1. The summed E-state index contributed by atoms with van der Waals surface area (Å²) in [6, 6.07) is 5.83. The first-order valence-electron chi connectivity index (χ1n) is 10.9. The fourth-order valence-electron chi connectivity index (χ4n) is 4.24. The van der Waals surface area contributed by atoms with Gasteiger partial charge in [-0.25, -0.2) is 0 Å². The van der Waals surface area contributed by atoms with Gasteiger partial charge in [-0.05, 0) is 37.1 Å². The molecule has 2 aliphatic rings. The number of benzene rings is 1. The molecule has 31 heavy (non-hydrogen) atoms. The molecule has 0 aromatic heterocycles. The van der Waals surface area contributed by atoms with E-state index in [2.05, 4.69) is 0 Å². The van der Waals surface area contributed by atoms with Crippen LogP contribution in [-0.4, -0.2) is 103 Å². The van der Waals surface area contributed by atoms with Crippen molar-refractivity contribution >= 4 is 5.91 Å². The van der Waals surface area contributed by atoms with Crippen LogP contribution in [0.3, 0.4) is 0 Å². The maximum atomic E-state index is 12.5. The third-order valence-electron chi connectivity index (χ3n) is 6.24. The van der Waals surface area contributed by atoms with Crippen molar-refractivity contribution in [2.75, 3.05) is 66.3 Å². The molecule has 2 fully saturated rings. The Morgan fingerprint density at radius 1 is 1.10 bits per heavy atom. The van der Waals surface area contributed by atoms with Gasteiger partial charge in [-0.1, -0.05) is 6.07 Å². The zero-order chi connectivity index (χ0) is 22.5. The highest BCUT2D eigenvalue weighted by atomic mass is 16.5. The van der Waals surface area contributed by atoms with Gasteiger partial charge in [0.25, 0.3) is 0 Å². The number of carbonyl (C=O) groups excluding carboxylic acids is 1. The zero-order valence-corrected chi connectivity index (χ0v) is 18.9. The third kappa shape index (κ3) is 6.63. The number of aliphatic hydroxyl groups is 2. The predicted molar refractivity (Wildman–Crippen MR) is 116 cm³/mol. The van der Waals surface area contributed by atoms with E-state index in [1.54, 1.807) is 4.90 Å². The highest BCUT2D eigenvalue weighted by Gasteiger charge is 2.40. The summed E-state index contributed by atoms with van der Waals surface area (Å²) >= 11 is 0. The monoisotopic (exact) mass is 436 g/mol. The Hall–Kier alpha value is -1.71. The molecule has 1 atom stereocenters. The van der Waals surface area contributed by atoms with Gasteiger partial charge >= 0.3 is 0 Å². The van der Waals surface area contributed by atoms with E-state index in [1.165, 1.54) is 12.7 Å². The summed E-state index contributed by atoms with van der Waals surface area (Å²) in [4.78, 5) is 16.2. The van der Waals surface area contributed by atoms with Gasteiger partial charge in [0.05, 0.1) is 12.1 Å². The Balaban J connectivity index is 1.73. The van der Waals surface area contributed by atoms with E-state index in [0.717, 1.165) is 5.56 Å². The average molecular weight is 437 g/mol. The summed E-state index contributed by atoms with van der Waals surface area (Å²) in [5.41, 5.74) is 0.165. The molecular formula is C23H36N2O6.